The predicted molar refractivity (Wildman–Crippen MR) is 112 cm³/mol. The summed E-state index contributed by atoms with van der Waals surface area (Å²) >= 11 is 0. The lowest BCUT2D eigenvalue weighted by Gasteiger charge is -2.13. The van der Waals surface area contributed by atoms with Crippen LogP contribution in [0.15, 0.2) is 33.8 Å². The zero-order valence-electron chi connectivity index (χ0n) is 17.3. The molecular formula is C21H31N5O2. The molecule has 0 saturated heterocycles. The van der Waals surface area contributed by atoms with E-state index >= 15 is 0 Å². The SMILES string of the molecule is CCCC(=O)Nc1ccc(CNC(=NC)NCc2c(CC)noc2CC)cc1. The van der Waals surface area contributed by atoms with Gasteiger partial charge in [0.25, 0.3) is 0 Å². The van der Waals surface area contributed by atoms with E-state index in [-0.39, 0.29) is 5.91 Å². The Morgan fingerprint density at radius 1 is 1.07 bits per heavy atom. The summed E-state index contributed by atoms with van der Waals surface area (Å²) in [7, 11) is 1.75. The summed E-state index contributed by atoms with van der Waals surface area (Å²) in [5, 5.41) is 13.7. The molecule has 152 valence electrons. The van der Waals surface area contributed by atoms with Crippen LogP contribution in [0.1, 0.15) is 56.2 Å². The van der Waals surface area contributed by atoms with Gasteiger partial charge in [0.1, 0.15) is 5.76 Å². The number of carbonyl (C=O) groups is 1. The fourth-order valence-electron chi connectivity index (χ4n) is 2.87. The van der Waals surface area contributed by atoms with E-state index in [0.29, 0.717) is 25.5 Å². The Bertz CT molecular complexity index is 759. The molecule has 0 aliphatic rings. The number of nitrogens with one attached hydrogen (secondary N) is 3. The van der Waals surface area contributed by atoms with Crippen molar-refractivity contribution in [1.29, 1.82) is 0 Å². The summed E-state index contributed by atoms with van der Waals surface area (Å²) in [6.07, 6.45) is 3.04. The van der Waals surface area contributed by atoms with Crippen molar-refractivity contribution in [2.24, 2.45) is 4.99 Å². The zero-order chi connectivity index (χ0) is 20.4. The monoisotopic (exact) mass is 385 g/mol. The molecule has 0 unspecified atom stereocenters. The highest BCUT2D eigenvalue weighted by Crippen LogP contribution is 2.15. The molecule has 0 aliphatic carbocycles. The van der Waals surface area contributed by atoms with Crippen molar-refractivity contribution in [3.8, 4) is 0 Å². The molecule has 7 heteroatoms. The molecule has 2 aromatic rings. The number of hydrogen-bond acceptors (Lipinski definition) is 4. The van der Waals surface area contributed by atoms with Gasteiger partial charge in [-0.05, 0) is 30.5 Å². The standard InChI is InChI=1S/C21H31N5O2/c1-5-8-20(27)25-16-11-9-15(10-12-16)13-23-21(22-4)24-14-17-18(6-2)26-28-19(17)7-3/h9-12H,5-8,13-14H2,1-4H3,(H,25,27)(H2,22,23,24). The van der Waals surface area contributed by atoms with Crippen molar-refractivity contribution < 1.29 is 9.32 Å². The van der Waals surface area contributed by atoms with E-state index < -0.39 is 0 Å². The maximum absolute atomic E-state index is 11.7. The number of nitrogens with zero attached hydrogens (tertiary/aromatic N) is 2. The number of carbonyl (C=O) groups excluding carboxylic acids is 1. The number of benzene rings is 1. The molecule has 1 aromatic heterocycles. The molecule has 28 heavy (non-hydrogen) atoms. The third kappa shape index (κ3) is 6.11. The van der Waals surface area contributed by atoms with Crippen molar-refractivity contribution >= 4 is 17.6 Å². The number of amides is 1. The van der Waals surface area contributed by atoms with Gasteiger partial charge in [0.2, 0.25) is 5.91 Å². The van der Waals surface area contributed by atoms with E-state index in [2.05, 4.69) is 39.9 Å². The molecule has 1 heterocycles. The quantitative estimate of drug-likeness (QED) is 0.454. The Balaban J connectivity index is 1.87. The van der Waals surface area contributed by atoms with Gasteiger partial charge in [-0.1, -0.05) is 38.1 Å². The van der Waals surface area contributed by atoms with Crippen LogP contribution in [0.2, 0.25) is 0 Å². The Labute approximate surface area is 167 Å². The fourth-order valence-corrected chi connectivity index (χ4v) is 2.87. The third-order valence-corrected chi connectivity index (χ3v) is 4.44. The molecule has 0 bridgehead atoms. The smallest absolute Gasteiger partial charge is 0.224 e. The minimum Gasteiger partial charge on any atom is -0.361 e. The molecule has 7 nitrogen and oxygen atoms in total. The van der Waals surface area contributed by atoms with Gasteiger partial charge in [0.05, 0.1) is 5.69 Å². The second kappa shape index (κ2) is 11.1. The summed E-state index contributed by atoms with van der Waals surface area (Å²) < 4.78 is 5.40. The maximum atomic E-state index is 11.7. The molecule has 0 atom stereocenters. The topological polar surface area (TPSA) is 91.5 Å². The Morgan fingerprint density at radius 2 is 1.79 bits per heavy atom. The van der Waals surface area contributed by atoms with Crippen LogP contribution in [0.25, 0.3) is 0 Å². The van der Waals surface area contributed by atoms with Crippen molar-refractivity contribution in [3.05, 3.63) is 46.8 Å². The van der Waals surface area contributed by atoms with Crippen LogP contribution < -0.4 is 16.0 Å². The lowest BCUT2D eigenvalue weighted by atomic mass is 10.1. The summed E-state index contributed by atoms with van der Waals surface area (Å²) in [4.78, 5) is 15.9. The van der Waals surface area contributed by atoms with E-state index in [1.807, 2.05) is 31.2 Å². The van der Waals surface area contributed by atoms with Gasteiger partial charge >= 0.3 is 0 Å². The van der Waals surface area contributed by atoms with Crippen molar-refractivity contribution in [3.63, 3.8) is 0 Å². The minimum absolute atomic E-state index is 0.0459. The van der Waals surface area contributed by atoms with E-state index in [4.69, 9.17) is 4.52 Å². The van der Waals surface area contributed by atoms with E-state index in [1.54, 1.807) is 7.05 Å². The molecule has 0 radical (unpaired) electrons. The Hall–Kier alpha value is -2.83. The van der Waals surface area contributed by atoms with Crippen LogP contribution in [-0.4, -0.2) is 24.1 Å². The van der Waals surface area contributed by atoms with Crippen molar-refractivity contribution in [2.45, 2.75) is 59.5 Å². The molecule has 0 spiro atoms. The average Bonchev–Trinajstić information content (AvgIpc) is 3.11. The summed E-state index contributed by atoms with van der Waals surface area (Å²) in [6, 6.07) is 7.82. The van der Waals surface area contributed by atoms with Gasteiger partial charge in [-0.3, -0.25) is 9.79 Å². The molecule has 0 fully saturated rings. The molecule has 0 aliphatic heterocycles. The lowest BCUT2D eigenvalue weighted by molar-refractivity contribution is -0.116. The number of aromatic nitrogens is 1. The van der Waals surface area contributed by atoms with Crippen LogP contribution >= 0.6 is 0 Å². The first kappa shape index (κ1) is 21.5. The van der Waals surface area contributed by atoms with Crippen LogP contribution in [0.3, 0.4) is 0 Å². The third-order valence-electron chi connectivity index (χ3n) is 4.44. The first-order valence-electron chi connectivity index (χ1n) is 9.90. The van der Waals surface area contributed by atoms with Crippen molar-refractivity contribution in [1.82, 2.24) is 15.8 Å². The van der Waals surface area contributed by atoms with Gasteiger partial charge in [-0.25, -0.2) is 0 Å². The second-order valence-electron chi connectivity index (χ2n) is 6.51. The Kier molecular flexibility index (Phi) is 8.52. The summed E-state index contributed by atoms with van der Waals surface area (Å²) in [6.45, 7) is 7.38. The molecule has 0 saturated carbocycles. The van der Waals surface area contributed by atoms with Crippen LogP contribution in [0.4, 0.5) is 5.69 Å². The highest BCUT2D eigenvalue weighted by atomic mass is 16.5. The van der Waals surface area contributed by atoms with Crippen LogP contribution in [0, 0.1) is 0 Å². The number of aryl methyl sites for hydroxylation is 2. The van der Waals surface area contributed by atoms with Gasteiger partial charge < -0.3 is 20.5 Å². The van der Waals surface area contributed by atoms with E-state index in [1.165, 1.54) is 0 Å². The van der Waals surface area contributed by atoms with Gasteiger partial charge in [0.15, 0.2) is 5.96 Å². The first-order chi connectivity index (χ1) is 13.6. The van der Waals surface area contributed by atoms with E-state index in [9.17, 15) is 4.79 Å². The van der Waals surface area contributed by atoms with Gasteiger partial charge in [-0.2, -0.15) is 0 Å². The number of aliphatic imine (C=N–C) groups is 1. The molecule has 1 aromatic carbocycles. The predicted octanol–water partition coefficient (Wildman–Crippen LogP) is 3.40. The number of guanidine groups is 1. The van der Waals surface area contributed by atoms with Crippen LogP contribution in [0.5, 0.6) is 0 Å². The molecule has 2 rings (SSSR count). The summed E-state index contributed by atoms with van der Waals surface area (Å²) in [5.74, 6) is 1.68. The maximum Gasteiger partial charge on any atom is 0.224 e. The van der Waals surface area contributed by atoms with Crippen molar-refractivity contribution in [2.75, 3.05) is 12.4 Å². The zero-order valence-corrected chi connectivity index (χ0v) is 17.3. The van der Waals surface area contributed by atoms with Gasteiger partial charge in [-0.15, -0.1) is 0 Å². The Morgan fingerprint density at radius 3 is 2.39 bits per heavy atom. The largest absolute Gasteiger partial charge is 0.361 e. The van der Waals surface area contributed by atoms with Gasteiger partial charge in [0, 0.05) is 44.2 Å². The number of rotatable bonds is 9. The second-order valence-corrected chi connectivity index (χ2v) is 6.51. The van der Waals surface area contributed by atoms with Crippen LogP contribution in [-0.2, 0) is 30.7 Å². The number of hydrogen-bond donors (Lipinski definition) is 3. The fraction of sp³-hybridized carbons (Fsp3) is 0.476. The number of anilines is 1. The highest BCUT2D eigenvalue weighted by Gasteiger charge is 2.13. The summed E-state index contributed by atoms with van der Waals surface area (Å²) in [5.41, 5.74) is 4.02. The molecule has 3 N–H and O–H groups in total. The molecular weight excluding hydrogens is 354 g/mol. The minimum atomic E-state index is 0.0459. The molecule has 1 amide bonds. The average molecular weight is 386 g/mol. The normalized spacial score (nSPS) is 11.4. The lowest BCUT2D eigenvalue weighted by Crippen LogP contribution is -2.36. The van der Waals surface area contributed by atoms with E-state index in [0.717, 1.165) is 47.5 Å². The highest BCUT2D eigenvalue weighted by molar-refractivity contribution is 5.90. The first-order valence-corrected chi connectivity index (χ1v) is 9.90.